The van der Waals surface area contributed by atoms with Crippen LogP contribution in [0.25, 0.3) is 0 Å². The summed E-state index contributed by atoms with van der Waals surface area (Å²) >= 11 is 17.2. The molecule has 1 heterocycles. The van der Waals surface area contributed by atoms with E-state index in [9.17, 15) is 0 Å². The average molecular weight is 337 g/mol. The summed E-state index contributed by atoms with van der Waals surface area (Å²) < 4.78 is 16.4. The van der Waals surface area contributed by atoms with Crippen LogP contribution in [-0.4, -0.2) is 32.8 Å². The van der Waals surface area contributed by atoms with Crippen molar-refractivity contribution in [2.24, 2.45) is 4.99 Å². The third-order valence-corrected chi connectivity index (χ3v) is 3.11. The molecule has 0 aromatic heterocycles. The Kier molecular flexibility index (Phi) is 5.40. The molecule has 0 saturated heterocycles. The first-order valence-electron chi connectivity index (χ1n) is 5.81. The van der Waals surface area contributed by atoms with Crippen molar-refractivity contribution in [2.45, 2.75) is 0 Å². The molecule has 0 aliphatic carbocycles. The van der Waals surface area contributed by atoms with Gasteiger partial charge in [0, 0.05) is 6.07 Å². The standard InChI is InChI=1S/C13H12Cl3NO3/c1-18-12-9(13-17-3-5-20-13)6-8(7-10(12)14)19-4-2-11(15)16/h2,6-7H,3-5H2,1H3. The summed E-state index contributed by atoms with van der Waals surface area (Å²) in [7, 11) is 1.54. The normalized spacial score (nSPS) is 13.5. The molecule has 0 unspecified atom stereocenters. The van der Waals surface area contributed by atoms with Crippen molar-refractivity contribution in [1.82, 2.24) is 0 Å². The zero-order valence-electron chi connectivity index (χ0n) is 10.7. The quantitative estimate of drug-likeness (QED) is 0.820. The average Bonchev–Trinajstić information content (AvgIpc) is 2.91. The van der Waals surface area contributed by atoms with Crippen molar-refractivity contribution in [1.29, 1.82) is 0 Å². The molecule has 1 aromatic rings. The smallest absolute Gasteiger partial charge is 0.220 e. The lowest BCUT2D eigenvalue weighted by Gasteiger charge is -2.13. The Balaban J connectivity index is 2.28. The number of nitrogens with zero attached hydrogens (tertiary/aromatic N) is 1. The molecular weight excluding hydrogens is 325 g/mol. The minimum absolute atomic E-state index is 0.147. The van der Waals surface area contributed by atoms with E-state index in [1.54, 1.807) is 12.1 Å². The van der Waals surface area contributed by atoms with Gasteiger partial charge in [0.05, 0.1) is 24.2 Å². The van der Waals surface area contributed by atoms with E-state index in [4.69, 9.17) is 49.0 Å². The van der Waals surface area contributed by atoms with Crippen molar-refractivity contribution < 1.29 is 14.2 Å². The molecule has 20 heavy (non-hydrogen) atoms. The highest BCUT2D eigenvalue weighted by Crippen LogP contribution is 2.34. The van der Waals surface area contributed by atoms with Gasteiger partial charge in [-0.25, -0.2) is 4.99 Å². The Bertz CT molecular complexity index is 554. The molecule has 0 fully saturated rings. The zero-order chi connectivity index (χ0) is 14.5. The van der Waals surface area contributed by atoms with Gasteiger partial charge in [0.25, 0.3) is 0 Å². The fourth-order valence-electron chi connectivity index (χ4n) is 1.72. The highest BCUT2D eigenvalue weighted by atomic mass is 35.5. The van der Waals surface area contributed by atoms with Gasteiger partial charge in [-0.2, -0.15) is 0 Å². The van der Waals surface area contributed by atoms with Gasteiger partial charge in [0.2, 0.25) is 5.90 Å². The van der Waals surface area contributed by atoms with Crippen LogP contribution >= 0.6 is 34.8 Å². The first-order chi connectivity index (χ1) is 9.61. The van der Waals surface area contributed by atoms with Crippen molar-refractivity contribution in [3.8, 4) is 11.5 Å². The molecule has 1 aliphatic heterocycles. The molecule has 0 bridgehead atoms. The molecule has 1 aromatic carbocycles. The molecule has 7 heteroatoms. The van der Waals surface area contributed by atoms with E-state index in [2.05, 4.69) is 4.99 Å². The van der Waals surface area contributed by atoms with E-state index in [0.717, 1.165) is 0 Å². The maximum Gasteiger partial charge on any atom is 0.220 e. The van der Waals surface area contributed by atoms with E-state index in [1.165, 1.54) is 13.2 Å². The summed E-state index contributed by atoms with van der Waals surface area (Å²) in [5.74, 6) is 1.56. The summed E-state index contributed by atoms with van der Waals surface area (Å²) in [5, 5.41) is 0.416. The topological polar surface area (TPSA) is 40.0 Å². The number of hydrogen-bond acceptors (Lipinski definition) is 4. The van der Waals surface area contributed by atoms with Crippen LogP contribution in [0.1, 0.15) is 5.56 Å². The van der Waals surface area contributed by atoms with Gasteiger partial charge in [0.15, 0.2) is 0 Å². The first kappa shape index (κ1) is 15.3. The SMILES string of the molecule is COc1c(Cl)cc(OCC=C(Cl)Cl)cc1C1=NCCO1. The molecule has 2 rings (SSSR count). The number of methoxy groups -OCH3 is 1. The Morgan fingerprint density at radius 3 is 2.85 bits per heavy atom. The zero-order valence-corrected chi connectivity index (χ0v) is 12.9. The second-order valence-corrected chi connectivity index (χ2v) is 5.24. The molecule has 0 spiro atoms. The second kappa shape index (κ2) is 7.07. The number of hydrogen-bond donors (Lipinski definition) is 0. The molecule has 4 nitrogen and oxygen atoms in total. The number of rotatable bonds is 5. The number of aliphatic imine (C=N–C) groups is 1. The number of halogens is 3. The summed E-state index contributed by atoms with van der Waals surface area (Å²) in [6.45, 7) is 1.40. The molecule has 0 saturated carbocycles. The second-order valence-electron chi connectivity index (χ2n) is 3.83. The maximum absolute atomic E-state index is 6.17. The van der Waals surface area contributed by atoms with Crippen LogP contribution in [0, 0.1) is 0 Å². The van der Waals surface area contributed by atoms with E-state index in [-0.39, 0.29) is 11.1 Å². The highest BCUT2D eigenvalue weighted by Gasteiger charge is 2.19. The van der Waals surface area contributed by atoms with E-state index in [0.29, 0.717) is 41.1 Å². The van der Waals surface area contributed by atoms with Gasteiger partial charge in [-0.15, -0.1) is 0 Å². The molecular formula is C13H12Cl3NO3. The van der Waals surface area contributed by atoms with Gasteiger partial charge in [-0.3, -0.25) is 0 Å². The molecule has 0 amide bonds. The van der Waals surface area contributed by atoms with Crippen molar-refractivity contribution in [3.63, 3.8) is 0 Å². The molecule has 0 N–H and O–H groups in total. The summed E-state index contributed by atoms with van der Waals surface area (Å²) in [6, 6.07) is 3.40. The largest absolute Gasteiger partial charge is 0.494 e. The third-order valence-electron chi connectivity index (χ3n) is 2.52. The molecule has 0 atom stereocenters. The van der Waals surface area contributed by atoms with Crippen molar-refractivity contribution in [3.05, 3.63) is 33.3 Å². The van der Waals surface area contributed by atoms with E-state index >= 15 is 0 Å². The number of ether oxygens (including phenoxy) is 3. The van der Waals surface area contributed by atoms with Gasteiger partial charge >= 0.3 is 0 Å². The van der Waals surface area contributed by atoms with Crippen LogP contribution < -0.4 is 9.47 Å². The van der Waals surface area contributed by atoms with Gasteiger partial charge in [0.1, 0.15) is 29.2 Å². The van der Waals surface area contributed by atoms with Crippen LogP contribution in [0.4, 0.5) is 0 Å². The van der Waals surface area contributed by atoms with E-state index < -0.39 is 0 Å². The third kappa shape index (κ3) is 3.72. The van der Waals surface area contributed by atoms with Crippen LogP contribution in [0.3, 0.4) is 0 Å². The van der Waals surface area contributed by atoms with Gasteiger partial charge in [-0.05, 0) is 12.1 Å². The first-order valence-corrected chi connectivity index (χ1v) is 6.94. The predicted octanol–water partition coefficient (Wildman–Crippen LogP) is 3.82. The Morgan fingerprint density at radius 2 is 2.25 bits per heavy atom. The van der Waals surface area contributed by atoms with Crippen LogP contribution in [0.5, 0.6) is 11.5 Å². The fourth-order valence-corrected chi connectivity index (χ4v) is 2.13. The summed E-state index contributed by atoms with van der Waals surface area (Å²) in [6.07, 6.45) is 1.53. The van der Waals surface area contributed by atoms with E-state index in [1.807, 2.05) is 0 Å². The lowest BCUT2D eigenvalue weighted by Crippen LogP contribution is -2.05. The van der Waals surface area contributed by atoms with Crippen LogP contribution in [-0.2, 0) is 4.74 Å². The summed E-state index contributed by atoms with van der Waals surface area (Å²) in [5.41, 5.74) is 0.661. The molecule has 1 aliphatic rings. The van der Waals surface area contributed by atoms with Crippen LogP contribution in [0.2, 0.25) is 5.02 Å². The van der Waals surface area contributed by atoms with Crippen LogP contribution in [0.15, 0.2) is 27.7 Å². The minimum Gasteiger partial charge on any atom is -0.494 e. The number of benzene rings is 1. The van der Waals surface area contributed by atoms with Crippen molar-refractivity contribution in [2.75, 3.05) is 26.9 Å². The Labute approximate surface area is 131 Å². The lowest BCUT2D eigenvalue weighted by molar-refractivity contribution is 0.342. The fraction of sp³-hybridized carbons (Fsp3) is 0.308. The van der Waals surface area contributed by atoms with Gasteiger partial charge in [-0.1, -0.05) is 34.8 Å². The Hall–Kier alpha value is -1.10. The summed E-state index contributed by atoms with van der Waals surface area (Å²) in [4.78, 5) is 4.25. The monoisotopic (exact) mass is 335 g/mol. The predicted molar refractivity (Wildman–Crippen MR) is 80.6 cm³/mol. The minimum atomic E-state index is 0.147. The lowest BCUT2D eigenvalue weighted by atomic mass is 10.2. The highest BCUT2D eigenvalue weighted by molar-refractivity contribution is 6.55. The van der Waals surface area contributed by atoms with Gasteiger partial charge < -0.3 is 14.2 Å². The Morgan fingerprint density at radius 1 is 1.45 bits per heavy atom. The molecule has 0 radical (unpaired) electrons. The maximum atomic E-state index is 6.17. The van der Waals surface area contributed by atoms with Crippen molar-refractivity contribution >= 4 is 40.7 Å². The molecule has 108 valence electrons.